The molecular weight excluding hydrogens is 354 g/mol. The molecule has 1 fully saturated rings. The number of nitriles is 1. The smallest absolute Gasteiger partial charge is 0.410 e. The van der Waals surface area contributed by atoms with E-state index < -0.39 is 21.7 Å². The molecule has 7 nitrogen and oxygen atoms in total. The molecule has 0 aromatic heterocycles. The number of hydrogen-bond acceptors (Lipinski definition) is 5. The first-order chi connectivity index (χ1) is 12.0. The van der Waals surface area contributed by atoms with Gasteiger partial charge in [0.25, 0.3) is 0 Å². The lowest BCUT2D eigenvalue weighted by atomic mass is 10.2. The lowest BCUT2D eigenvalue weighted by molar-refractivity contribution is 0.00859. The fourth-order valence-electron chi connectivity index (χ4n) is 2.75. The molecule has 0 radical (unpaired) electrons. The summed E-state index contributed by atoms with van der Waals surface area (Å²) in [5, 5.41) is 8.70. The van der Waals surface area contributed by atoms with Crippen molar-refractivity contribution in [3.05, 3.63) is 29.8 Å². The van der Waals surface area contributed by atoms with Crippen molar-refractivity contribution < 1.29 is 17.9 Å². The van der Waals surface area contributed by atoms with Crippen molar-refractivity contribution in [3.63, 3.8) is 0 Å². The van der Waals surface area contributed by atoms with Gasteiger partial charge in [-0.15, -0.1) is 0 Å². The normalized spacial score (nSPS) is 19.0. The Kier molecular flexibility index (Phi) is 5.94. The van der Waals surface area contributed by atoms with Crippen LogP contribution in [-0.2, 0) is 21.2 Å². The molecule has 1 amide bonds. The number of rotatable bonds is 3. The highest BCUT2D eigenvalue weighted by Crippen LogP contribution is 2.22. The van der Waals surface area contributed by atoms with Crippen molar-refractivity contribution in [2.45, 2.75) is 50.7 Å². The van der Waals surface area contributed by atoms with Crippen LogP contribution in [0.15, 0.2) is 29.2 Å². The van der Waals surface area contributed by atoms with Gasteiger partial charge >= 0.3 is 6.09 Å². The molecule has 1 aliphatic heterocycles. The van der Waals surface area contributed by atoms with Crippen LogP contribution in [0.1, 0.15) is 33.3 Å². The molecule has 0 aliphatic carbocycles. The zero-order valence-electron chi connectivity index (χ0n) is 15.6. The maximum Gasteiger partial charge on any atom is 0.410 e. The summed E-state index contributed by atoms with van der Waals surface area (Å²) in [6.45, 7) is 7.90. The molecule has 1 atom stereocenters. The van der Waals surface area contributed by atoms with Crippen molar-refractivity contribution >= 4 is 16.1 Å². The van der Waals surface area contributed by atoms with Gasteiger partial charge in [-0.1, -0.05) is 12.1 Å². The van der Waals surface area contributed by atoms with E-state index in [-0.39, 0.29) is 37.0 Å². The Bertz CT molecular complexity index is 791. The molecule has 1 aliphatic rings. The summed E-state index contributed by atoms with van der Waals surface area (Å²) >= 11 is 0. The molecule has 2 rings (SSSR count). The quantitative estimate of drug-likeness (QED) is 0.804. The topological polar surface area (TPSA) is 90.7 Å². The fourth-order valence-corrected chi connectivity index (χ4v) is 4.27. The lowest BCUT2D eigenvalue weighted by Gasteiger charge is -2.39. The molecule has 142 valence electrons. The number of nitrogens with zero attached hydrogens (tertiary/aromatic N) is 3. The predicted octanol–water partition coefficient (Wildman–Crippen LogP) is 2.38. The van der Waals surface area contributed by atoms with E-state index in [1.807, 2.05) is 13.0 Å². The van der Waals surface area contributed by atoms with Gasteiger partial charge in [-0.25, -0.2) is 13.2 Å². The van der Waals surface area contributed by atoms with E-state index in [9.17, 15) is 13.2 Å². The number of sulfonamides is 1. The number of carbonyl (C=O) groups excluding carboxylic acids is 1. The van der Waals surface area contributed by atoms with Gasteiger partial charge in [0, 0.05) is 25.7 Å². The highest BCUT2D eigenvalue weighted by molar-refractivity contribution is 7.89. The van der Waals surface area contributed by atoms with Crippen LogP contribution in [0, 0.1) is 11.3 Å². The molecule has 0 spiro atoms. The molecule has 1 aromatic rings. The van der Waals surface area contributed by atoms with Gasteiger partial charge in [0.2, 0.25) is 10.0 Å². The molecule has 8 heteroatoms. The van der Waals surface area contributed by atoms with Gasteiger partial charge < -0.3 is 9.64 Å². The van der Waals surface area contributed by atoms with Crippen molar-refractivity contribution in [3.8, 4) is 6.07 Å². The first kappa shape index (κ1) is 20.2. The van der Waals surface area contributed by atoms with Crippen molar-refractivity contribution in [2.75, 3.05) is 19.6 Å². The van der Waals surface area contributed by atoms with Gasteiger partial charge in [0.1, 0.15) is 5.60 Å². The second-order valence-corrected chi connectivity index (χ2v) is 9.30. The number of piperazine rings is 1. The van der Waals surface area contributed by atoms with Gasteiger partial charge in [-0.05, 0) is 45.4 Å². The Labute approximate surface area is 155 Å². The molecule has 1 saturated heterocycles. The SMILES string of the molecule is CC1CN(S(=O)(=O)c2ccc(CC#N)cc2)CCN1C(=O)OC(C)(C)C. The van der Waals surface area contributed by atoms with Crippen molar-refractivity contribution in [2.24, 2.45) is 0 Å². The maximum atomic E-state index is 12.8. The number of hydrogen-bond donors (Lipinski definition) is 0. The van der Waals surface area contributed by atoms with Gasteiger partial charge in [0.15, 0.2) is 0 Å². The zero-order valence-corrected chi connectivity index (χ0v) is 16.4. The first-order valence-corrected chi connectivity index (χ1v) is 9.94. The largest absolute Gasteiger partial charge is 0.444 e. The van der Waals surface area contributed by atoms with E-state index in [1.54, 1.807) is 37.8 Å². The van der Waals surface area contributed by atoms with Gasteiger partial charge in [-0.3, -0.25) is 0 Å². The first-order valence-electron chi connectivity index (χ1n) is 8.50. The van der Waals surface area contributed by atoms with Crippen molar-refractivity contribution in [1.82, 2.24) is 9.21 Å². The monoisotopic (exact) mass is 379 g/mol. The number of amides is 1. The van der Waals surface area contributed by atoms with E-state index in [4.69, 9.17) is 10.00 Å². The van der Waals surface area contributed by atoms with Crippen LogP contribution >= 0.6 is 0 Å². The minimum atomic E-state index is -3.64. The highest BCUT2D eigenvalue weighted by atomic mass is 32.2. The lowest BCUT2D eigenvalue weighted by Crippen LogP contribution is -2.56. The Balaban J connectivity index is 2.09. The molecule has 0 bridgehead atoms. The summed E-state index contributed by atoms with van der Waals surface area (Å²) in [6.07, 6.45) is -0.186. The minimum absolute atomic E-state index is 0.192. The van der Waals surface area contributed by atoms with Crippen LogP contribution in [-0.4, -0.2) is 55.0 Å². The van der Waals surface area contributed by atoms with E-state index in [1.165, 1.54) is 16.4 Å². The molecule has 0 N–H and O–H groups in total. The number of benzene rings is 1. The molecule has 26 heavy (non-hydrogen) atoms. The van der Waals surface area contributed by atoms with E-state index in [2.05, 4.69) is 0 Å². The van der Waals surface area contributed by atoms with E-state index >= 15 is 0 Å². The van der Waals surface area contributed by atoms with Crippen LogP contribution in [0.2, 0.25) is 0 Å². The van der Waals surface area contributed by atoms with Crippen LogP contribution in [0.25, 0.3) is 0 Å². The summed E-state index contributed by atoms with van der Waals surface area (Å²) < 4.78 is 32.4. The van der Waals surface area contributed by atoms with Crippen molar-refractivity contribution in [1.29, 1.82) is 5.26 Å². The summed E-state index contributed by atoms with van der Waals surface area (Å²) in [5.74, 6) is 0. The third-order valence-electron chi connectivity index (χ3n) is 4.06. The standard InChI is InChI=1S/C18H25N3O4S/c1-14-13-20(11-12-21(14)17(22)25-18(2,3)4)26(23,24)16-7-5-15(6-8-16)9-10-19/h5-8,14H,9,11-13H2,1-4H3. The molecule has 0 saturated carbocycles. The second-order valence-electron chi connectivity index (χ2n) is 7.36. The van der Waals surface area contributed by atoms with Gasteiger partial charge in [-0.2, -0.15) is 9.57 Å². The average Bonchev–Trinajstić information content (AvgIpc) is 2.53. The number of carbonyl (C=O) groups is 1. The highest BCUT2D eigenvalue weighted by Gasteiger charge is 2.35. The van der Waals surface area contributed by atoms with Crippen LogP contribution in [0.5, 0.6) is 0 Å². The summed E-state index contributed by atoms with van der Waals surface area (Å²) in [5.41, 5.74) is 0.181. The summed E-state index contributed by atoms with van der Waals surface area (Å²) in [7, 11) is -3.64. The molecule has 1 heterocycles. The minimum Gasteiger partial charge on any atom is -0.444 e. The fraction of sp³-hybridized carbons (Fsp3) is 0.556. The molecule has 1 unspecified atom stereocenters. The summed E-state index contributed by atoms with van der Waals surface area (Å²) in [6, 6.07) is 8.09. The third-order valence-corrected chi connectivity index (χ3v) is 5.94. The molecule has 1 aromatic carbocycles. The Hall–Kier alpha value is -2.11. The van der Waals surface area contributed by atoms with Crippen LogP contribution in [0.3, 0.4) is 0 Å². The predicted molar refractivity (Wildman–Crippen MR) is 96.9 cm³/mol. The Morgan fingerprint density at radius 2 is 1.88 bits per heavy atom. The maximum absolute atomic E-state index is 12.8. The van der Waals surface area contributed by atoms with Crippen LogP contribution < -0.4 is 0 Å². The van der Waals surface area contributed by atoms with Gasteiger partial charge in [0.05, 0.1) is 17.4 Å². The van der Waals surface area contributed by atoms with Crippen LogP contribution in [0.4, 0.5) is 4.79 Å². The van der Waals surface area contributed by atoms with E-state index in [0.29, 0.717) is 0 Å². The zero-order chi connectivity index (χ0) is 19.5. The van der Waals surface area contributed by atoms with E-state index in [0.717, 1.165) is 5.56 Å². The second kappa shape index (κ2) is 7.64. The average molecular weight is 379 g/mol. The summed E-state index contributed by atoms with van der Waals surface area (Å²) in [4.78, 5) is 14.0. The molecular formula is C18H25N3O4S. The Morgan fingerprint density at radius 3 is 2.38 bits per heavy atom. The number of ether oxygens (including phenoxy) is 1. The Morgan fingerprint density at radius 1 is 1.27 bits per heavy atom. The third kappa shape index (κ3) is 4.74.